The normalized spacial score (nSPS) is 25.1. The van der Waals surface area contributed by atoms with Crippen molar-refractivity contribution in [1.82, 2.24) is 20.3 Å². The van der Waals surface area contributed by atoms with Crippen molar-refractivity contribution in [3.8, 4) is 0 Å². The van der Waals surface area contributed by atoms with Crippen LogP contribution < -0.4 is 16.0 Å². The molecule has 7 heteroatoms. The van der Waals surface area contributed by atoms with E-state index in [4.69, 9.17) is 4.74 Å². The smallest absolute Gasteiger partial charge is 0.321 e. The number of hydrogen-bond donors (Lipinski definition) is 4. The van der Waals surface area contributed by atoms with Gasteiger partial charge in [-0.25, -0.2) is 0 Å². The monoisotopic (exact) mass is 496 g/mol. The van der Waals surface area contributed by atoms with Crippen molar-refractivity contribution in [2.75, 3.05) is 7.11 Å². The maximum Gasteiger partial charge on any atom is 0.321 e. The molecule has 0 amide bonds. The van der Waals surface area contributed by atoms with E-state index in [0.29, 0.717) is 17.6 Å². The third-order valence-electron chi connectivity index (χ3n) is 8.22. The zero-order chi connectivity index (χ0) is 26.2. The molecule has 1 fully saturated rings. The molecule has 3 aliphatic rings. The fourth-order valence-corrected chi connectivity index (χ4v) is 6.16. The highest BCUT2D eigenvalue weighted by Gasteiger charge is 2.46. The molecule has 3 aromatic heterocycles. The minimum atomic E-state index is -0.967. The number of Topliss-reactive ketones (excluding diaryl/α,β-unsaturated/α-hetero) is 1. The van der Waals surface area contributed by atoms with Crippen LogP contribution in [-0.4, -0.2) is 33.8 Å². The molecule has 37 heavy (non-hydrogen) atoms. The number of esters is 1. The Morgan fingerprint density at radius 1 is 1.03 bits per heavy atom. The lowest BCUT2D eigenvalue weighted by molar-refractivity contribution is -0.141. The largest absolute Gasteiger partial charge is 0.468 e. The van der Waals surface area contributed by atoms with Gasteiger partial charge >= 0.3 is 5.97 Å². The molecule has 0 saturated carbocycles. The molecule has 190 valence electrons. The average Bonchev–Trinajstić information content (AvgIpc) is 3.62. The highest BCUT2D eigenvalue weighted by atomic mass is 16.5. The first-order chi connectivity index (χ1) is 17.7. The molecule has 6 rings (SSSR count). The van der Waals surface area contributed by atoms with Crippen molar-refractivity contribution in [2.24, 2.45) is 11.8 Å². The molecule has 0 radical (unpaired) electrons. The van der Waals surface area contributed by atoms with Gasteiger partial charge in [0.15, 0.2) is 5.78 Å². The molecule has 0 aromatic carbocycles. The number of methoxy groups -OCH3 is 1. The van der Waals surface area contributed by atoms with E-state index in [0.717, 1.165) is 62.4 Å². The number of aromatic amines is 3. The first-order valence-corrected chi connectivity index (χ1v) is 12.9. The summed E-state index contributed by atoms with van der Waals surface area (Å²) in [4.78, 5) is 37.3. The van der Waals surface area contributed by atoms with Gasteiger partial charge in [0.25, 0.3) is 0 Å². The maximum atomic E-state index is 13.7. The summed E-state index contributed by atoms with van der Waals surface area (Å²) >= 11 is 0. The SMILES string of the molecule is CCc1c(C)/c2[nH]/c1=C\c1[nH]c3c(c1C)C(=O)[C@H](C(=O)OC)/C3=C1\C[C@H](C)/C(=C/c3[nH]c(cc3C)\C=2)N1. The molecule has 5 heterocycles. The van der Waals surface area contributed by atoms with Gasteiger partial charge in [-0.15, -0.1) is 0 Å². The molecule has 7 nitrogen and oxygen atoms in total. The van der Waals surface area contributed by atoms with Crippen molar-refractivity contribution in [2.45, 2.75) is 47.5 Å². The Morgan fingerprint density at radius 3 is 2.54 bits per heavy atom. The van der Waals surface area contributed by atoms with E-state index in [1.165, 1.54) is 18.2 Å². The van der Waals surface area contributed by atoms with Gasteiger partial charge in [-0.3, -0.25) is 9.59 Å². The molecule has 2 atom stereocenters. The number of nitrogens with one attached hydrogen (secondary N) is 4. The molecular formula is C30H32N4O3. The topological polar surface area (TPSA) is 103 Å². The number of fused-ring (bicyclic) bond motifs is 7. The Labute approximate surface area is 215 Å². The fourth-order valence-electron chi connectivity index (χ4n) is 6.16. The van der Waals surface area contributed by atoms with E-state index in [2.05, 4.69) is 72.3 Å². The molecule has 2 aliphatic heterocycles. The van der Waals surface area contributed by atoms with Crippen LogP contribution >= 0.6 is 0 Å². The summed E-state index contributed by atoms with van der Waals surface area (Å²) in [6.45, 7) is 10.5. The van der Waals surface area contributed by atoms with Crippen molar-refractivity contribution < 1.29 is 14.3 Å². The highest BCUT2D eigenvalue weighted by molar-refractivity contribution is 6.24. The molecule has 3 aromatic rings. The van der Waals surface area contributed by atoms with Gasteiger partial charge in [-0.1, -0.05) is 13.8 Å². The molecule has 8 bridgehead atoms. The van der Waals surface area contributed by atoms with Crippen molar-refractivity contribution >= 4 is 35.6 Å². The van der Waals surface area contributed by atoms with Crippen LogP contribution in [0.15, 0.2) is 17.5 Å². The number of aromatic nitrogens is 3. The molecule has 1 aliphatic carbocycles. The van der Waals surface area contributed by atoms with E-state index in [-0.39, 0.29) is 11.7 Å². The van der Waals surface area contributed by atoms with Crippen LogP contribution in [0, 0.1) is 32.6 Å². The number of hydrogen-bond acceptors (Lipinski definition) is 4. The van der Waals surface area contributed by atoms with Crippen molar-refractivity contribution in [1.29, 1.82) is 0 Å². The third-order valence-corrected chi connectivity index (χ3v) is 8.22. The number of allylic oxidation sites excluding steroid dienone is 2. The summed E-state index contributed by atoms with van der Waals surface area (Å²) in [6.07, 6.45) is 7.98. The summed E-state index contributed by atoms with van der Waals surface area (Å²) in [6, 6.07) is 2.16. The summed E-state index contributed by atoms with van der Waals surface area (Å²) in [7, 11) is 1.34. The number of aryl methyl sites for hydroxylation is 1. The van der Waals surface area contributed by atoms with Crippen LogP contribution in [0.25, 0.3) is 23.8 Å². The van der Waals surface area contributed by atoms with E-state index < -0.39 is 11.9 Å². The quantitative estimate of drug-likeness (QED) is 0.322. The van der Waals surface area contributed by atoms with Crippen LogP contribution in [0.5, 0.6) is 0 Å². The van der Waals surface area contributed by atoms with Crippen LogP contribution in [0.1, 0.15) is 75.7 Å². The third kappa shape index (κ3) is 3.40. The lowest BCUT2D eigenvalue weighted by Gasteiger charge is -2.13. The summed E-state index contributed by atoms with van der Waals surface area (Å²) in [5, 5.41) is 5.65. The lowest BCUT2D eigenvalue weighted by Crippen LogP contribution is -2.24. The second kappa shape index (κ2) is 8.26. The van der Waals surface area contributed by atoms with Gasteiger partial charge in [-0.2, -0.15) is 0 Å². The first kappa shape index (κ1) is 23.4. The van der Waals surface area contributed by atoms with Gasteiger partial charge in [-0.05, 0) is 80.2 Å². The zero-order valence-corrected chi connectivity index (χ0v) is 22.1. The number of carbonyl (C=O) groups excluding carboxylic acids is 2. The lowest BCUT2D eigenvalue weighted by atomic mass is 9.95. The van der Waals surface area contributed by atoms with Crippen LogP contribution in [0.3, 0.4) is 0 Å². The predicted octanol–water partition coefficient (Wildman–Crippen LogP) is 3.50. The average molecular weight is 497 g/mol. The highest BCUT2D eigenvalue weighted by Crippen LogP contribution is 2.45. The predicted molar refractivity (Wildman–Crippen MR) is 144 cm³/mol. The number of rotatable bonds is 2. The van der Waals surface area contributed by atoms with Crippen LogP contribution in [0.4, 0.5) is 0 Å². The summed E-state index contributed by atoms with van der Waals surface area (Å²) in [5.41, 5.74) is 11.3. The Morgan fingerprint density at radius 2 is 1.81 bits per heavy atom. The standard InChI is InChI=1S/C30H32N4O3/c1-7-18-15(4)21-10-17-8-13(2)19(31-17)11-20-14(3)9-24(32-20)26-27(30(36)37-6)29(35)25-16(5)22(34-28(25)26)12-23(18)33-21/h8,10-12,14,27,31-34H,7,9H2,1-6H3/b20-11-,21-10-,23-12-,26-24-/t14-,27+/m0/s1. The van der Waals surface area contributed by atoms with Crippen molar-refractivity contribution in [3.05, 3.63) is 78.8 Å². The van der Waals surface area contributed by atoms with E-state index in [1.807, 2.05) is 6.92 Å². The molecule has 4 N–H and O–H groups in total. The van der Waals surface area contributed by atoms with E-state index in [9.17, 15) is 9.59 Å². The van der Waals surface area contributed by atoms with Gasteiger partial charge in [0, 0.05) is 56.2 Å². The second-order valence-electron chi connectivity index (χ2n) is 10.5. The van der Waals surface area contributed by atoms with E-state index >= 15 is 0 Å². The van der Waals surface area contributed by atoms with Crippen molar-refractivity contribution in [3.63, 3.8) is 0 Å². The number of ketones is 1. The second-order valence-corrected chi connectivity index (χ2v) is 10.5. The summed E-state index contributed by atoms with van der Waals surface area (Å²) in [5.74, 6) is -1.50. The van der Waals surface area contributed by atoms with Gasteiger partial charge < -0.3 is 25.0 Å². The molecule has 0 spiro atoms. The number of ether oxygens (including phenoxy) is 1. The Kier molecular flexibility index (Phi) is 5.23. The number of carbonyl (C=O) groups is 2. The molecular weight excluding hydrogens is 464 g/mol. The first-order valence-electron chi connectivity index (χ1n) is 12.9. The van der Waals surface area contributed by atoms with Gasteiger partial charge in [0.2, 0.25) is 0 Å². The Balaban J connectivity index is 1.70. The minimum Gasteiger partial charge on any atom is -0.468 e. The zero-order valence-electron chi connectivity index (χ0n) is 22.1. The molecule has 0 unspecified atom stereocenters. The minimum absolute atomic E-state index is 0.202. The van der Waals surface area contributed by atoms with E-state index in [1.54, 1.807) is 0 Å². The number of H-pyrrole nitrogens is 3. The summed E-state index contributed by atoms with van der Waals surface area (Å²) < 4.78 is 5.10. The maximum absolute atomic E-state index is 13.7. The fraction of sp³-hybridized carbons (Fsp3) is 0.333. The van der Waals surface area contributed by atoms with Crippen LogP contribution in [0.2, 0.25) is 0 Å². The van der Waals surface area contributed by atoms with Crippen LogP contribution in [-0.2, 0) is 16.0 Å². The Hall–Kier alpha value is -4.00. The van der Waals surface area contributed by atoms with Gasteiger partial charge in [0.1, 0.15) is 5.92 Å². The Bertz CT molecular complexity index is 1690. The van der Waals surface area contributed by atoms with Gasteiger partial charge in [0.05, 0.1) is 12.8 Å². The molecule has 1 saturated heterocycles.